The number of hydrogen-bond acceptors (Lipinski definition) is 2. The van der Waals surface area contributed by atoms with E-state index in [2.05, 4.69) is 0 Å². The molecule has 5 heteroatoms. The topological polar surface area (TPSA) is 63.3 Å². The van der Waals surface area contributed by atoms with Crippen LogP contribution in [0.3, 0.4) is 0 Å². The molecule has 0 aliphatic carbocycles. The molecule has 0 saturated carbocycles. The average Bonchev–Trinajstić information content (AvgIpc) is 2.42. The van der Waals surface area contributed by atoms with Crippen LogP contribution >= 0.6 is 0 Å². The van der Waals surface area contributed by atoms with Gasteiger partial charge in [-0.25, -0.2) is 8.78 Å². The number of carbonyl (C=O) groups is 1. The third-order valence-corrected chi connectivity index (χ3v) is 4.13. The lowest BCUT2D eigenvalue weighted by Crippen LogP contribution is -2.19. The Morgan fingerprint density at radius 2 is 1.58 bits per heavy atom. The standard InChI is InChI=1S/C19H21F2NO2/c1-9-5-10(2)16(11(3)6-9)13-7-12(4)18(20)17(19(13)21)14(22)8-15(23)24/h5-7,14H,8,22H2,1-4H3,(H,23,24). The molecule has 0 amide bonds. The van der Waals surface area contributed by atoms with Crippen LogP contribution in [-0.4, -0.2) is 11.1 Å². The number of aliphatic carboxylic acids is 1. The fourth-order valence-corrected chi connectivity index (χ4v) is 3.20. The van der Waals surface area contributed by atoms with Gasteiger partial charge in [0.15, 0.2) is 0 Å². The van der Waals surface area contributed by atoms with Gasteiger partial charge in [0.25, 0.3) is 0 Å². The van der Waals surface area contributed by atoms with Crippen LogP contribution in [0.5, 0.6) is 0 Å². The first kappa shape index (κ1) is 18.1. The summed E-state index contributed by atoms with van der Waals surface area (Å²) in [6, 6.07) is 4.06. The maximum atomic E-state index is 15.0. The van der Waals surface area contributed by atoms with E-state index in [1.807, 2.05) is 32.9 Å². The van der Waals surface area contributed by atoms with E-state index in [-0.39, 0.29) is 16.7 Å². The molecule has 3 N–H and O–H groups in total. The molecule has 0 spiro atoms. The second-order valence-electron chi connectivity index (χ2n) is 6.26. The molecule has 0 aromatic heterocycles. The summed E-state index contributed by atoms with van der Waals surface area (Å²) >= 11 is 0. The van der Waals surface area contributed by atoms with Gasteiger partial charge in [-0.15, -0.1) is 0 Å². The number of hydrogen-bond donors (Lipinski definition) is 2. The van der Waals surface area contributed by atoms with Crippen molar-refractivity contribution < 1.29 is 18.7 Å². The lowest BCUT2D eigenvalue weighted by molar-refractivity contribution is -0.137. The van der Waals surface area contributed by atoms with Crippen molar-refractivity contribution in [2.75, 3.05) is 0 Å². The summed E-state index contributed by atoms with van der Waals surface area (Å²) in [5, 5.41) is 8.88. The Balaban J connectivity index is 2.74. The number of nitrogens with two attached hydrogens (primary N) is 1. The van der Waals surface area contributed by atoms with Crippen LogP contribution in [-0.2, 0) is 4.79 Å². The lowest BCUT2D eigenvalue weighted by Gasteiger charge is -2.19. The number of aryl methyl sites for hydroxylation is 4. The summed E-state index contributed by atoms with van der Waals surface area (Å²) < 4.78 is 29.5. The van der Waals surface area contributed by atoms with Crippen molar-refractivity contribution in [2.45, 2.75) is 40.2 Å². The zero-order valence-corrected chi connectivity index (χ0v) is 14.2. The Morgan fingerprint density at radius 3 is 2.08 bits per heavy atom. The SMILES string of the molecule is Cc1cc(C)c(-c2cc(C)c(F)c(C(N)CC(=O)O)c2F)c(C)c1. The van der Waals surface area contributed by atoms with E-state index in [0.29, 0.717) is 5.56 Å². The van der Waals surface area contributed by atoms with Crippen molar-refractivity contribution in [3.8, 4) is 11.1 Å². The van der Waals surface area contributed by atoms with Crippen molar-refractivity contribution in [2.24, 2.45) is 5.73 Å². The molecule has 0 saturated heterocycles. The van der Waals surface area contributed by atoms with E-state index in [1.165, 1.54) is 13.0 Å². The Labute approximate surface area is 140 Å². The molecule has 2 aromatic carbocycles. The summed E-state index contributed by atoms with van der Waals surface area (Å²) in [4.78, 5) is 10.9. The monoisotopic (exact) mass is 333 g/mol. The molecular formula is C19H21F2NO2. The Morgan fingerprint density at radius 1 is 1.04 bits per heavy atom. The van der Waals surface area contributed by atoms with Crippen LogP contribution in [0.4, 0.5) is 8.78 Å². The minimum absolute atomic E-state index is 0.238. The zero-order chi connectivity index (χ0) is 18.2. The molecule has 1 atom stereocenters. The first-order valence-corrected chi connectivity index (χ1v) is 7.67. The summed E-state index contributed by atoms with van der Waals surface area (Å²) in [6.07, 6.45) is -0.539. The van der Waals surface area contributed by atoms with Gasteiger partial charge in [0.1, 0.15) is 11.6 Å². The normalized spacial score (nSPS) is 12.3. The van der Waals surface area contributed by atoms with Crippen LogP contribution in [0.15, 0.2) is 18.2 Å². The predicted molar refractivity (Wildman–Crippen MR) is 89.9 cm³/mol. The molecule has 0 fully saturated rings. The van der Waals surface area contributed by atoms with Crippen LogP contribution < -0.4 is 5.73 Å². The number of carboxylic acids is 1. The first-order valence-electron chi connectivity index (χ1n) is 7.67. The molecule has 1 unspecified atom stereocenters. The minimum Gasteiger partial charge on any atom is -0.481 e. The number of benzene rings is 2. The molecule has 3 nitrogen and oxygen atoms in total. The number of rotatable bonds is 4. The first-order chi connectivity index (χ1) is 11.1. The Hall–Kier alpha value is -2.27. The maximum Gasteiger partial charge on any atom is 0.305 e. The molecule has 2 rings (SSSR count). The average molecular weight is 333 g/mol. The fourth-order valence-electron chi connectivity index (χ4n) is 3.20. The van der Waals surface area contributed by atoms with Gasteiger partial charge >= 0.3 is 5.97 Å². The quantitative estimate of drug-likeness (QED) is 0.875. The van der Waals surface area contributed by atoms with E-state index >= 15 is 4.39 Å². The lowest BCUT2D eigenvalue weighted by atomic mass is 9.89. The highest BCUT2D eigenvalue weighted by atomic mass is 19.1. The Bertz CT molecular complexity index is 792. The maximum absolute atomic E-state index is 15.0. The molecule has 0 heterocycles. The van der Waals surface area contributed by atoms with Gasteiger partial charge in [-0.2, -0.15) is 0 Å². The van der Waals surface area contributed by atoms with Crippen molar-refractivity contribution in [1.82, 2.24) is 0 Å². The molecule has 24 heavy (non-hydrogen) atoms. The minimum atomic E-state index is -1.24. The Kier molecular flexibility index (Phi) is 5.04. The van der Waals surface area contributed by atoms with Crippen molar-refractivity contribution >= 4 is 5.97 Å². The van der Waals surface area contributed by atoms with Crippen molar-refractivity contribution in [1.29, 1.82) is 0 Å². The molecule has 128 valence electrons. The third-order valence-electron chi connectivity index (χ3n) is 4.13. The largest absolute Gasteiger partial charge is 0.481 e. The van der Waals surface area contributed by atoms with Gasteiger partial charge in [-0.05, 0) is 56.0 Å². The number of carboxylic acid groups (broad SMARTS) is 1. The van der Waals surface area contributed by atoms with Crippen LogP contribution in [0.25, 0.3) is 11.1 Å². The summed E-state index contributed by atoms with van der Waals surface area (Å²) in [5.74, 6) is -2.78. The second kappa shape index (κ2) is 6.69. The smallest absolute Gasteiger partial charge is 0.305 e. The van der Waals surface area contributed by atoms with Gasteiger partial charge < -0.3 is 10.8 Å². The number of halogens is 2. The molecule has 2 aromatic rings. The highest BCUT2D eigenvalue weighted by molar-refractivity contribution is 5.74. The van der Waals surface area contributed by atoms with E-state index in [4.69, 9.17) is 10.8 Å². The van der Waals surface area contributed by atoms with E-state index in [0.717, 1.165) is 16.7 Å². The van der Waals surface area contributed by atoms with Crippen LogP contribution in [0.1, 0.15) is 40.3 Å². The zero-order valence-electron chi connectivity index (χ0n) is 14.2. The fraction of sp³-hybridized carbons (Fsp3) is 0.316. The molecule has 0 bridgehead atoms. The van der Waals surface area contributed by atoms with Gasteiger partial charge in [-0.3, -0.25) is 4.79 Å². The van der Waals surface area contributed by atoms with E-state index < -0.39 is 30.1 Å². The highest BCUT2D eigenvalue weighted by Crippen LogP contribution is 2.36. The molecular weight excluding hydrogens is 312 g/mol. The van der Waals surface area contributed by atoms with Crippen molar-refractivity contribution in [3.63, 3.8) is 0 Å². The summed E-state index contributed by atoms with van der Waals surface area (Å²) in [6.45, 7) is 7.20. The van der Waals surface area contributed by atoms with Crippen LogP contribution in [0, 0.1) is 39.3 Å². The second-order valence-corrected chi connectivity index (χ2v) is 6.26. The van der Waals surface area contributed by atoms with Gasteiger partial charge in [0.2, 0.25) is 0 Å². The summed E-state index contributed by atoms with van der Waals surface area (Å²) in [5.41, 5.74) is 9.35. The third kappa shape index (κ3) is 3.31. The molecule has 0 aliphatic heterocycles. The van der Waals surface area contributed by atoms with Gasteiger partial charge in [-0.1, -0.05) is 17.7 Å². The summed E-state index contributed by atoms with van der Waals surface area (Å²) in [7, 11) is 0. The predicted octanol–water partition coefficient (Wildman–Crippen LogP) is 4.34. The molecule has 0 aliphatic rings. The molecule has 0 radical (unpaired) electrons. The van der Waals surface area contributed by atoms with Crippen LogP contribution in [0.2, 0.25) is 0 Å². The van der Waals surface area contributed by atoms with E-state index in [1.54, 1.807) is 0 Å². The van der Waals surface area contributed by atoms with Crippen molar-refractivity contribution in [3.05, 3.63) is 57.7 Å². The van der Waals surface area contributed by atoms with E-state index in [9.17, 15) is 9.18 Å². The highest BCUT2D eigenvalue weighted by Gasteiger charge is 2.25. The van der Waals surface area contributed by atoms with Gasteiger partial charge in [0.05, 0.1) is 6.42 Å². The van der Waals surface area contributed by atoms with Gasteiger partial charge in [0, 0.05) is 17.2 Å².